The molecule has 0 atom stereocenters. The summed E-state index contributed by atoms with van der Waals surface area (Å²) in [4.78, 5) is 18.3. The molecule has 0 aromatic heterocycles. The number of benzene rings is 2. The standard InChI is InChI=1S/C22H25FN2O4/c1-16(26)25(2)20-5-3-18(4-6-20)15-28-21-11-19(23)12-22(13-21)29-24-14-17-7-9-27-10-8-17/h3-6,11-14,17H,7-10,15H2,1-2H3/b24-14-. The minimum absolute atomic E-state index is 0.0410. The summed E-state index contributed by atoms with van der Waals surface area (Å²) in [5, 5.41) is 3.97. The van der Waals surface area contributed by atoms with Crippen LogP contribution < -0.4 is 14.5 Å². The molecule has 2 aromatic carbocycles. The van der Waals surface area contributed by atoms with E-state index in [1.807, 2.05) is 24.3 Å². The van der Waals surface area contributed by atoms with Crippen LogP contribution in [0.5, 0.6) is 11.5 Å². The highest BCUT2D eigenvalue weighted by atomic mass is 19.1. The lowest BCUT2D eigenvalue weighted by atomic mass is 10.0. The number of carbonyl (C=O) groups is 1. The van der Waals surface area contributed by atoms with Gasteiger partial charge >= 0.3 is 0 Å². The molecule has 1 amide bonds. The van der Waals surface area contributed by atoms with Crippen molar-refractivity contribution in [2.75, 3.05) is 25.2 Å². The quantitative estimate of drug-likeness (QED) is 0.517. The average molecular weight is 400 g/mol. The number of anilines is 1. The molecule has 0 bridgehead atoms. The SMILES string of the molecule is CC(=O)N(C)c1ccc(COc2cc(F)cc(O/N=C\C3CCOCC3)c2)cc1. The summed E-state index contributed by atoms with van der Waals surface area (Å²) in [6.45, 7) is 3.22. The van der Waals surface area contributed by atoms with Crippen LogP contribution in [0.1, 0.15) is 25.3 Å². The van der Waals surface area contributed by atoms with Crippen LogP contribution in [0.25, 0.3) is 0 Å². The first-order valence-electron chi connectivity index (χ1n) is 9.56. The highest BCUT2D eigenvalue weighted by Crippen LogP contribution is 2.24. The number of ether oxygens (including phenoxy) is 2. The molecule has 6 nitrogen and oxygen atoms in total. The van der Waals surface area contributed by atoms with Gasteiger partial charge in [-0.05, 0) is 30.5 Å². The monoisotopic (exact) mass is 400 g/mol. The second-order valence-electron chi connectivity index (χ2n) is 6.95. The Kier molecular flexibility index (Phi) is 7.19. The lowest BCUT2D eigenvalue weighted by molar-refractivity contribution is -0.116. The lowest BCUT2D eigenvalue weighted by Crippen LogP contribution is -2.22. The van der Waals surface area contributed by atoms with Gasteiger partial charge in [0.1, 0.15) is 18.2 Å². The first kappa shape index (κ1) is 20.8. The fourth-order valence-corrected chi connectivity index (χ4v) is 2.88. The largest absolute Gasteiger partial charge is 0.489 e. The third-order valence-electron chi connectivity index (χ3n) is 4.74. The Hall–Kier alpha value is -2.93. The van der Waals surface area contributed by atoms with Crippen molar-refractivity contribution >= 4 is 17.8 Å². The predicted octanol–water partition coefficient (Wildman–Crippen LogP) is 4.18. The molecular formula is C22H25FN2O4. The third kappa shape index (κ3) is 6.29. The van der Waals surface area contributed by atoms with Crippen LogP contribution >= 0.6 is 0 Å². The number of amides is 1. The molecule has 154 valence electrons. The number of hydrogen-bond donors (Lipinski definition) is 0. The number of nitrogens with zero attached hydrogens (tertiary/aromatic N) is 2. The Morgan fingerprint density at radius 2 is 1.90 bits per heavy atom. The van der Waals surface area contributed by atoms with Crippen LogP contribution in [-0.2, 0) is 16.1 Å². The predicted molar refractivity (Wildman–Crippen MR) is 109 cm³/mol. The van der Waals surface area contributed by atoms with Crippen LogP contribution in [0.15, 0.2) is 47.6 Å². The highest BCUT2D eigenvalue weighted by Gasteiger charge is 2.11. The second kappa shape index (κ2) is 10.0. The highest BCUT2D eigenvalue weighted by molar-refractivity contribution is 5.90. The molecule has 2 aromatic rings. The van der Waals surface area contributed by atoms with Gasteiger partial charge in [-0.1, -0.05) is 17.3 Å². The van der Waals surface area contributed by atoms with E-state index >= 15 is 0 Å². The van der Waals surface area contributed by atoms with Crippen LogP contribution in [0, 0.1) is 11.7 Å². The van der Waals surface area contributed by atoms with Gasteiger partial charge in [-0.3, -0.25) is 4.79 Å². The molecule has 7 heteroatoms. The smallest absolute Gasteiger partial charge is 0.223 e. The number of hydrogen-bond acceptors (Lipinski definition) is 5. The summed E-state index contributed by atoms with van der Waals surface area (Å²) in [5.74, 6) is 0.448. The zero-order valence-electron chi connectivity index (χ0n) is 16.6. The van der Waals surface area contributed by atoms with Gasteiger partial charge in [-0.25, -0.2) is 4.39 Å². The summed E-state index contributed by atoms with van der Waals surface area (Å²) >= 11 is 0. The van der Waals surface area contributed by atoms with E-state index in [0.29, 0.717) is 11.7 Å². The molecule has 0 radical (unpaired) electrons. The van der Waals surface area contributed by atoms with E-state index in [0.717, 1.165) is 37.3 Å². The average Bonchev–Trinajstić information content (AvgIpc) is 2.72. The maximum absolute atomic E-state index is 13.9. The summed E-state index contributed by atoms with van der Waals surface area (Å²) in [6, 6.07) is 11.6. The van der Waals surface area contributed by atoms with Crippen molar-refractivity contribution < 1.29 is 23.5 Å². The maximum atomic E-state index is 13.9. The normalized spacial score (nSPS) is 14.7. The number of halogens is 1. The van der Waals surface area contributed by atoms with Crippen LogP contribution in [0.3, 0.4) is 0 Å². The molecule has 3 rings (SSSR count). The van der Waals surface area contributed by atoms with E-state index in [1.54, 1.807) is 24.2 Å². The summed E-state index contributed by atoms with van der Waals surface area (Å²) in [6.07, 6.45) is 3.56. The molecular weight excluding hydrogens is 375 g/mol. The molecule has 29 heavy (non-hydrogen) atoms. The van der Waals surface area contributed by atoms with Crippen LogP contribution in [0.4, 0.5) is 10.1 Å². The molecule has 0 unspecified atom stereocenters. The second-order valence-corrected chi connectivity index (χ2v) is 6.95. The summed E-state index contributed by atoms with van der Waals surface area (Å²) in [7, 11) is 1.71. The lowest BCUT2D eigenvalue weighted by Gasteiger charge is -2.17. The van der Waals surface area contributed by atoms with Crippen molar-refractivity contribution in [1.82, 2.24) is 0 Å². The Bertz CT molecular complexity index is 848. The molecule has 1 aliphatic rings. The fraction of sp³-hybridized carbons (Fsp3) is 0.364. The van der Waals surface area contributed by atoms with Gasteiger partial charge in [0.25, 0.3) is 0 Å². The molecule has 0 spiro atoms. The Labute approximate surface area is 169 Å². The van der Waals surface area contributed by atoms with Gasteiger partial charge in [-0.15, -0.1) is 0 Å². The minimum atomic E-state index is -0.461. The summed E-state index contributed by atoms with van der Waals surface area (Å²) < 4.78 is 24.9. The van der Waals surface area contributed by atoms with Crippen molar-refractivity contribution in [2.24, 2.45) is 11.1 Å². The van der Waals surface area contributed by atoms with Crippen molar-refractivity contribution in [2.45, 2.75) is 26.4 Å². The van der Waals surface area contributed by atoms with E-state index in [9.17, 15) is 9.18 Å². The van der Waals surface area contributed by atoms with Crippen molar-refractivity contribution in [3.05, 3.63) is 53.8 Å². The van der Waals surface area contributed by atoms with Gasteiger partial charge in [0.05, 0.1) is 0 Å². The van der Waals surface area contributed by atoms with E-state index < -0.39 is 5.82 Å². The summed E-state index contributed by atoms with van der Waals surface area (Å²) in [5.41, 5.74) is 1.69. The van der Waals surface area contributed by atoms with Crippen molar-refractivity contribution in [1.29, 1.82) is 0 Å². The fourth-order valence-electron chi connectivity index (χ4n) is 2.88. The zero-order chi connectivity index (χ0) is 20.6. The van der Waals surface area contributed by atoms with Crippen molar-refractivity contribution in [3.8, 4) is 11.5 Å². The minimum Gasteiger partial charge on any atom is -0.489 e. The van der Waals surface area contributed by atoms with Gasteiger partial charge < -0.3 is 19.2 Å². The Morgan fingerprint density at radius 3 is 2.59 bits per heavy atom. The maximum Gasteiger partial charge on any atom is 0.223 e. The first-order chi connectivity index (χ1) is 14.0. The van der Waals surface area contributed by atoms with Crippen molar-refractivity contribution in [3.63, 3.8) is 0 Å². The Morgan fingerprint density at radius 1 is 1.21 bits per heavy atom. The topological polar surface area (TPSA) is 60.4 Å². The molecule has 1 aliphatic heterocycles. The van der Waals surface area contributed by atoms with Crippen LogP contribution in [-0.4, -0.2) is 32.4 Å². The first-order valence-corrected chi connectivity index (χ1v) is 9.56. The molecule has 1 fully saturated rings. The van der Waals surface area contributed by atoms with Crippen LogP contribution in [0.2, 0.25) is 0 Å². The molecule has 0 N–H and O–H groups in total. The van der Waals surface area contributed by atoms with E-state index in [4.69, 9.17) is 14.3 Å². The molecule has 1 heterocycles. The van der Waals surface area contributed by atoms with E-state index in [-0.39, 0.29) is 18.3 Å². The van der Waals surface area contributed by atoms with Gasteiger partial charge in [-0.2, -0.15) is 0 Å². The number of carbonyl (C=O) groups excluding carboxylic acids is 1. The third-order valence-corrected chi connectivity index (χ3v) is 4.74. The Balaban J connectivity index is 1.56. The zero-order valence-corrected chi connectivity index (χ0v) is 16.6. The molecule has 0 aliphatic carbocycles. The van der Waals surface area contributed by atoms with E-state index in [1.165, 1.54) is 19.1 Å². The number of oxime groups is 1. The molecule has 1 saturated heterocycles. The van der Waals surface area contributed by atoms with Gasteiger partial charge in [0.15, 0.2) is 5.75 Å². The number of rotatable bonds is 7. The van der Waals surface area contributed by atoms with E-state index in [2.05, 4.69) is 5.16 Å². The van der Waals surface area contributed by atoms with Gasteiger partial charge in [0, 0.05) is 63.2 Å². The van der Waals surface area contributed by atoms with Gasteiger partial charge in [0.2, 0.25) is 5.91 Å². The molecule has 0 saturated carbocycles.